The quantitative estimate of drug-likeness (QED) is 0.453. The zero-order chi connectivity index (χ0) is 14.5. The van der Waals surface area contributed by atoms with E-state index in [0.717, 1.165) is 0 Å². The summed E-state index contributed by atoms with van der Waals surface area (Å²) in [4.78, 5) is 44.1. The Hall–Kier alpha value is -2.32. The molecule has 0 aliphatic carbocycles. The number of amides is 3. The van der Waals surface area contributed by atoms with Crippen LogP contribution in [0.1, 0.15) is 13.8 Å². The molecule has 3 amide bonds. The molecule has 0 atom stereocenters. The van der Waals surface area contributed by atoms with Gasteiger partial charge in [0, 0.05) is 0 Å². The molecule has 0 spiro atoms. The predicted octanol–water partition coefficient (Wildman–Crippen LogP) is -1.57. The summed E-state index contributed by atoms with van der Waals surface area (Å²) >= 11 is 0. The molecule has 0 bridgehead atoms. The molecule has 0 aliphatic heterocycles. The van der Waals surface area contributed by atoms with Crippen molar-refractivity contribution in [1.82, 2.24) is 10.2 Å². The molecule has 0 radical (unpaired) electrons. The first kappa shape index (κ1) is 15.7. The van der Waals surface area contributed by atoms with Crippen LogP contribution < -0.4 is 11.1 Å². The number of hydrogen-bond donors (Lipinski definition) is 4. The molecule has 0 saturated heterocycles. The van der Waals surface area contributed by atoms with Gasteiger partial charge in [-0.15, -0.1) is 0 Å². The number of primary amides is 1. The molecule has 0 heterocycles. The second kappa shape index (κ2) is 5.84. The van der Waals surface area contributed by atoms with Gasteiger partial charge in [0.2, 0.25) is 5.91 Å². The molecular weight excluding hydrogens is 246 g/mol. The maximum Gasteiger partial charge on any atom is 0.323 e. The van der Waals surface area contributed by atoms with E-state index in [2.05, 4.69) is 5.32 Å². The average Bonchev–Trinajstić information content (AvgIpc) is 2.13. The number of carboxylic acid groups (broad SMARTS) is 2. The summed E-state index contributed by atoms with van der Waals surface area (Å²) < 4.78 is 0. The van der Waals surface area contributed by atoms with E-state index in [1.807, 2.05) is 0 Å². The van der Waals surface area contributed by atoms with E-state index < -0.39 is 42.5 Å². The molecule has 0 unspecified atom stereocenters. The topological polar surface area (TPSA) is 150 Å². The Balaban J connectivity index is 4.80. The zero-order valence-electron chi connectivity index (χ0n) is 9.97. The minimum atomic E-state index is -1.41. The molecule has 102 valence electrons. The standard InChI is InChI=1S/C9H15N3O6/c1-9(2,7(10)17)11-8(18)12(3-5(13)14)4-6(15)16/h3-4H2,1-2H3,(H2,10,17)(H,11,18)(H,13,14)(H,15,16). The summed E-state index contributed by atoms with van der Waals surface area (Å²) in [5.74, 6) is -3.58. The highest BCUT2D eigenvalue weighted by Crippen LogP contribution is 2.02. The van der Waals surface area contributed by atoms with Crippen LogP contribution >= 0.6 is 0 Å². The number of urea groups is 1. The van der Waals surface area contributed by atoms with Crippen molar-refractivity contribution in [3.8, 4) is 0 Å². The number of rotatable bonds is 6. The van der Waals surface area contributed by atoms with Crippen molar-refractivity contribution in [3.63, 3.8) is 0 Å². The van der Waals surface area contributed by atoms with Gasteiger partial charge in [-0.3, -0.25) is 14.4 Å². The van der Waals surface area contributed by atoms with Crippen molar-refractivity contribution in [2.45, 2.75) is 19.4 Å². The smallest absolute Gasteiger partial charge is 0.323 e. The average molecular weight is 261 g/mol. The highest BCUT2D eigenvalue weighted by molar-refractivity contribution is 5.91. The third kappa shape index (κ3) is 5.14. The van der Waals surface area contributed by atoms with E-state index in [1.165, 1.54) is 13.8 Å². The summed E-state index contributed by atoms with van der Waals surface area (Å²) in [5, 5.41) is 19.2. The minimum absolute atomic E-state index is 0.537. The van der Waals surface area contributed by atoms with Crippen molar-refractivity contribution in [2.24, 2.45) is 5.73 Å². The van der Waals surface area contributed by atoms with Gasteiger partial charge in [-0.1, -0.05) is 0 Å². The molecule has 0 saturated carbocycles. The monoisotopic (exact) mass is 261 g/mol. The fourth-order valence-corrected chi connectivity index (χ4v) is 0.934. The van der Waals surface area contributed by atoms with Crippen LogP contribution in [0.15, 0.2) is 0 Å². The molecule has 0 aromatic rings. The van der Waals surface area contributed by atoms with Crippen LogP contribution in [-0.4, -0.2) is 57.6 Å². The van der Waals surface area contributed by atoms with Gasteiger partial charge in [-0.05, 0) is 13.8 Å². The van der Waals surface area contributed by atoms with Gasteiger partial charge in [-0.25, -0.2) is 4.79 Å². The van der Waals surface area contributed by atoms with Crippen LogP contribution in [0, 0.1) is 0 Å². The van der Waals surface area contributed by atoms with Crippen molar-refractivity contribution < 1.29 is 29.4 Å². The van der Waals surface area contributed by atoms with Gasteiger partial charge in [-0.2, -0.15) is 0 Å². The lowest BCUT2D eigenvalue weighted by Gasteiger charge is -2.27. The van der Waals surface area contributed by atoms with Crippen molar-refractivity contribution in [2.75, 3.05) is 13.1 Å². The summed E-state index contributed by atoms with van der Waals surface area (Å²) in [5.41, 5.74) is 3.61. The Morgan fingerprint density at radius 3 is 1.78 bits per heavy atom. The third-order valence-corrected chi connectivity index (χ3v) is 1.97. The van der Waals surface area contributed by atoms with Gasteiger partial charge in [0.1, 0.15) is 18.6 Å². The first-order valence-corrected chi connectivity index (χ1v) is 4.87. The van der Waals surface area contributed by atoms with Crippen LogP contribution in [0.3, 0.4) is 0 Å². The lowest BCUT2D eigenvalue weighted by molar-refractivity contribution is -0.140. The van der Waals surface area contributed by atoms with Crippen LogP contribution in [0.5, 0.6) is 0 Å². The Labute approximate surface area is 103 Å². The van der Waals surface area contributed by atoms with Gasteiger partial charge in [0.25, 0.3) is 0 Å². The molecule has 0 aromatic heterocycles. The van der Waals surface area contributed by atoms with Gasteiger partial charge in [0.15, 0.2) is 0 Å². The normalized spacial score (nSPS) is 10.6. The molecular formula is C9H15N3O6. The van der Waals surface area contributed by atoms with E-state index in [1.54, 1.807) is 0 Å². The van der Waals surface area contributed by atoms with Crippen LogP contribution in [0.4, 0.5) is 4.79 Å². The number of carbonyl (C=O) groups is 4. The molecule has 9 heteroatoms. The summed E-state index contributed by atoms with van der Waals surface area (Å²) in [6.07, 6.45) is 0. The number of carboxylic acids is 2. The van der Waals surface area contributed by atoms with E-state index in [9.17, 15) is 19.2 Å². The predicted molar refractivity (Wildman–Crippen MR) is 58.6 cm³/mol. The Kier molecular flexibility index (Phi) is 5.09. The number of nitrogens with two attached hydrogens (primary N) is 1. The molecule has 9 nitrogen and oxygen atoms in total. The van der Waals surface area contributed by atoms with Crippen molar-refractivity contribution >= 4 is 23.9 Å². The summed E-state index contributed by atoms with van der Waals surface area (Å²) in [7, 11) is 0. The highest BCUT2D eigenvalue weighted by Gasteiger charge is 2.30. The lowest BCUT2D eigenvalue weighted by atomic mass is 10.1. The Morgan fingerprint density at radius 1 is 1.11 bits per heavy atom. The molecule has 0 fully saturated rings. The van der Waals surface area contributed by atoms with E-state index in [-0.39, 0.29) is 0 Å². The largest absolute Gasteiger partial charge is 0.480 e. The molecule has 0 aromatic carbocycles. The fraction of sp³-hybridized carbons (Fsp3) is 0.556. The summed E-state index contributed by atoms with van der Waals surface area (Å²) in [6.45, 7) is 1.03. The van der Waals surface area contributed by atoms with Crippen molar-refractivity contribution in [1.29, 1.82) is 0 Å². The second-order valence-electron chi connectivity index (χ2n) is 4.06. The van der Waals surface area contributed by atoms with E-state index in [0.29, 0.717) is 4.90 Å². The van der Waals surface area contributed by atoms with Crippen molar-refractivity contribution in [3.05, 3.63) is 0 Å². The zero-order valence-corrected chi connectivity index (χ0v) is 9.97. The van der Waals surface area contributed by atoms with Gasteiger partial charge in [0.05, 0.1) is 0 Å². The second-order valence-corrected chi connectivity index (χ2v) is 4.06. The summed E-state index contributed by atoms with van der Waals surface area (Å²) in [6, 6.07) is -0.997. The molecule has 5 N–H and O–H groups in total. The van der Waals surface area contributed by atoms with Gasteiger partial charge < -0.3 is 26.2 Å². The maximum absolute atomic E-state index is 11.6. The number of aliphatic carboxylic acids is 2. The Bertz CT molecular complexity index is 362. The minimum Gasteiger partial charge on any atom is -0.480 e. The first-order chi connectivity index (χ1) is 8.06. The number of carbonyl (C=O) groups excluding carboxylic acids is 2. The van der Waals surface area contributed by atoms with Crippen LogP contribution in [-0.2, 0) is 14.4 Å². The molecule has 18 heavy (non-hydrogen) atoms. The first-order valence-electron chi connectivity index (χ1n) is 4.87. The lowest BCUT2D eigenvalue weighted by Crippen LogP contribution is -2.57. The van der Waals surface area contributed by atoms with E-state index in [4.69, 9.17) is 15.9 Å². The SMILES string of the molecule is CC(C)(NC(=O)N(CC(=O)O)CC(=O)O)C(N)=O. The van der Waals surface area contributed by atoms with Gasteiger partial charge >= 0.3 is 18.0 Å². The van der Waals surface area contributed by atoms with Crippen LogP contribution in [0.2, 0.25) is 0 Å². The third-order valence-electron chi connectivity index (χ3n) is 1.97. The maximum atomic E-state index is 11.6. The highest BCUT2D eigenvalue weighted by atomic mass is 16.4. The van der Waals surface area contributed by atoms with Crippen LogP contribution in [0.25, 0.3) is 0 Å². The number of nitrogens with zero attached hydrogens (tertiary/aromatic N) is 1. The fourth-order valence-electron chi connectivity index (χ4n) is 0.934. The number of nitrogens with one attached hydrogen (secondary N) is 1. The Morgan fingerprint density at radius 2 is 1.50 bits per heavy atom. The molecule has 0 rings (SSSR count). The number of hydrogen-bond acceptors (Lipinski definition) is 4. The molecule has 0 aliphatic rings. The van der Waals surface area contributed by atoms with E-state index >= 15 is 0 Å².